The number of hydrogen-bond donors (Lipinski definition) is 2. The zero-order chi connectivity index (χ0) is 18.1. The summed E-state index contributed by atoms with van der Waals surface area (Å²) >= 11 is 0. The van der Waals surface area contributed by atoms with Crippen molar-refractivity contribution in [2.75, 3.05) is 13.1 Å². The second kappa shape index (κ2) is 6.62. The van der Waals surface area contributed by atoms with E-state index in [0.717, 1.165) is 29.4 Å². The van der Waals surface area contributed by atoms with Gasteiger partial charge >= 0.3 is 5.97 Å². The maximum atomic E-state index is 13.0. The molecule has 2 N–H and O–H groups in total. The highest BCUT2D eigenvalue weighted by molar-refractivity contribution is 6.04. The first kappa shape index (κ1) is 16.3. The molecule has 1 aliphatic rings. The molecule has 3 aromatic rings. The molecule has 134 valence electrons. The Kier molecular flexibility index (Phi) is 4.16. The van der Waals surface area contributed by atoms with Gasteiger partial charge in [-0.1, -0.05) is 18.2 Å². The minimum absolute atomic E-state index is 0.0692. The van der Waals surface area contributed by atoms with Gasteiger partial charge in [-0.3, -0.25) is 19.4 Å². The Bertz CT molecular complexity index is 961. The molecule has 1 amide bonds. The number of fused-ring (bicyclic) bond motifs is 1. The predicted molar refractivity (Wildman–Crippen MR) is 93.8 cm³/mol. The first-order chi connectivity index (χ1) is 12.6. The van der Waals surface area contributed by atoms with Crippen LogP contribution in [0.25, 0.3) is 10.9 Å². The Morgan fingerprint density at radius 3 is 2.96 bits per heavy atom. The first-order valence-electron chi connectivity index (χ1n) is 8.59. The van der Waals surface area contributed by atoms with E-state index in [2.05, 4.69) is 15.3 Å². The van der Waals surface area contributed by atoms with Gasteiger partial charge in [0.1, 0.15) is 6.54 Å². The molecule has 3 heterocycles. The van der Waals surface area contributed by atoms with Gasteiger partial charge in [0.25, 0.3) is 5.91 Å². The third-order valence-corrected chi connectivity index (χ3v) is 4.83. The number of H-pyrrole nitrogens is 1. The fourth-order valence-electron chi connectivity index (χ4n) is 3.63. The highest BCUT2D eigenvalue weighted by Gasteiger charge is 2.29. The van der Waals surface area contributed by atoms with E-state index in [0.29, 0.717) is 18.8 Å². The maximum Gasteiger partial charge on any atom is 0.325 e. The zero-order valence-electron chi connectivity index (χ0n) is 14.1. The summed E-state index contributed by atoms with van der Waals surface area (Å²) in [5, 5.41) is 21.1. The molecule has 1 aromatic carbocycles. The number of amides is 1. The van der Waals surface area contributed by atoms with Gasteiger partial charge in [-0.15, -0.1) is 0 Å². The average molecular weight is 353 g/mol. The van der Waals surface area contributed by atoms with E-state index in [1.807, 2.05) is 30.3 Å². The van der Waals surface area contributed by atoms with Crippen molar-refractivity contribution in [1.29, 1.82) is 0 Å². The molecule has 8 nitrogen and oxygen atoms in total. The maximum absolute atomic E-state index is 13.0. The highest BCUT2D eigenvalue weighted by Crippen LogP contribution is 2.28. The van der Waals surface area contributed by atoms with Crippen molar-refractivity contribution in [1.82, 2.24) is 24.9 Å². The molecule has 0 saturated carbocycles. The van der Waals surface area contributed by atoms with Crippen LogP contribution >= 0.6 is 0 Å². The molecule has 26 heavy (non-hydrogen) atoms. The summed E-state index contributed by atoms with van der Waals surface area (Å²) in [7, 11) is 0. The van der Waals surface area contributed by atoms with E-state index in [1.54, 1.807) is 11.1 Å². The lowest BCUT2D eigenvalue weighted by Gasteiger charge is -2.32. The van der Waals surface area contributed by atoms with Crippen LogP contribution in [0.5, 0.6) is 0 Å². The summed E-state index contributed by atoms with van der Waals surface area (Å²) in [6.45, 7) is 1.03. The summed E-state index contributed by atoms with van der Waals surface area (Å²) in [6.07, 6.45) is 3.37. The number of carbonyl (C=O) groups is 2. The summed E-state index contributed by atoms with van der Waals surface area (Å²) in [4.78, 5) is 25.8. The molecule has 0 unspecified atom stereocenters. The van der Waals surface area contributed by atoms with Crippen molar-refractivity contribution >= 4 is 22.8 Å². The number of aromatic nitrogens is 4. The van der Waals surface area contributed by atoms with Crippen LogP contribution in [-0.4, -0.2) is 55.0 Å². The Labute approximate surface area is 149 Å². The quantitative estimate of drug-likeness (QED) is 0.745. The van der Waals surface area contributed by atoms with Gasteiger partial charge in [0.2, 0.25) is 0 Å². The van der Waals surface area contributed by atoms with Crippen LogP contribution in [0.4, 0.5) is 0 Å². The third kappa shape index (κ3) is 2.94. The summed E-state index contributed by atoms with van der Waals surface area (Å²) in [5.41, 5.74) is 2.13. The molecule has 4 rings (SSSR count). The Hall–Kier alpha value is -3.16. The monoisotopic (exact) mass is 353 g/mol. The molecule has 8 heteroatoms. The van der Waals surface area contributed by atoms with Crippen molar-refractivity contribution in [3.8, 4) is 0 Å². The van der Waals surface area contributed by atoms with Crippen LogP contribution in [0.15, 0.2) is 36.5 Å². The predicted octanol–water partition coefficient (Wildman–Crippen LogP) is 1.86. The number of benzene rings is 1. The number of aliphatic carboxylic acids is 1. The number of aromatic amines is 1. The first-order valence-corrected chi connectivity index (χ1v) is 8.59. The number of nitrogens with one attached hydrogen (secondary N) is 1. The number of hydrogen-bond acceptors (Lipinski definition) is 4. The molecule has 1 fully saturated rings. The van der Waals surface area contributed by atoms with Crippen LogP contribution in [0.2, 0.25) is 0 Å². The van der Waals surface area contributed by atoms with Crippen LogP contribution in [0.1, 0.15) is 34.9 Å². The number of carboxylic acid groups (broad SMARTS) is 1. The van der Waals surface area contributed by atoms with Gasteiger partial charge in [0.05, 0.1) is 5.52 Å². The number of carboxylic acids is 1. The minimum atomic E-state index is -0.929. The van der Waals surface area contributed by atoms with Crippen molar-refractivity contribution in [3.05, 3.63) is 47.9 Å². The van der Waals surface area contributed by atoms with Gasteiger partial charge in [0.15, 0.2) is 5.69 Å². The van der Waals surface area contributed by atoms with Crippen molar-refractivity contribution in [3.63, 3.8) is 0 Å². The number of carbonyl (C=O) groups excluding carboxylic acids is 1. The van der Waals surface area contributed by atoms with Crippen LogP contribution < -0.4 is 0 Å². The van der Waals surface area contributed by atoms with Crippen molar-refractivity contribution in [2.45, 2.75) is 25.3 Å². The Morgan fingerprint density at radius 1 is 1.27 bits per heavy atom. The van der Waals surface area contributed by atoms with E-state index in [9.17, 15) is 9.59 Å². The average Bonchev–Trinajstić information content (AvgIpc) is 3.27. The van der Waals surface area contributed by atoms with Crippen LogP contribution in [0.3, 0.4) is 0 Å². The molecule has 1 aliphatic heterocycles. The molecular formula is C18H19N5O3. The smallest absolute Gasteiger partial charge is 0.325 e. The number of nitrogens with zero attached hydrogens (tertiary/aromatic N) is 4. The molecular weight excluding hydrogens is 334 g/mol. The summed E-state index contributed by atoms with van der Waals surface area (Å²) in [6, 6.07) is 9.40. The largest absolute Gasteiger partial charge is 0.480 e. The number of likely N-dealkylation sites (tertiary alicyclic amines) is 1. The third-order valence-electron chi connectivity index (χ3n) is 4.83. The van der Waals surface area contributed by atoms with E-state index < -0.39 is 5.97 Å². The van der Waals surface area contributed by atoms with Gasteiger partial charge in [-0.2, -0.15) is 10.2 Å². The van der Waals surface area contributed by atoms with Gasteiger partial charge in [0, 0.05) is 36.3 Å². The second-order valence-electron chi connectivity index (χ2n) is 6.52. The second-order valence-corrected chi connectivity index (χ2v) is 6.52. The molecule has 0 radical (unpaired) electrons. The molecule has 0 spiro atoms. The van der Waals surface area contributed by atoms with Gasteiger partial charge in [-0.05, 0) is 25.0 Å². The highest BCUT2D eigenvalue weighted by atomic mass is 16.4. The Balaban J connectivity index is 1.56. The molecule has 1 atom stereocenters. The lowest BCUT2D eigenvalue weighted by Crippen LogP contribution is -2.40. The van der Waals surface area contributed by atoms with Crippen molar-refractivity contribution in [2.24, 2.45) is 0 Å². The van der Waals surface area contributed by atoms with Gasteiger partial charge in [-0.25, -0.2) is 0 Å². The number of rotatable bonds is 4. The van der Waals surface area contributed by atoms with E-state index in [1.165, 1.54) is 4.68 Å². The van der Waals surface area contributed by atoms with Gasteiger partial charge < -0.3 is 10.0 Å². The fraction of sp³-hybridized carbons (Fsp3) is 0.333. The van der Waals surface area contributed by atoms with E-state index >= 15 is 0 Å². The van der Waals surface area contributed by atoms with E-state index in [-0.39, 0.29) is 18.4 Å². The number of para-hydroxylation sites is 1. The van der Waals surface area contributed by atoms with E-state index in [4.69, 9.17) is 5.11 Å². The molecule has 2 aromatic heterocycles. The Morgan fingerprint density at radius 2 is 2.12 bits per heavy atom. The fourth-order valence-corrected chi connectivity index (χ4v) is 3.63. The summed E-state index contributed by atoms with van der Waals surface area (Å²) < 4.78 is 1.50. The molecule has 0 bridgehead atoms. The van der Waals surface area contributed by atoms with Crippen LogP contribution in [-0.2, 0) is 11.3 Å². The molecule has 1 saturated heterocycles. The SMILES string of the molecule is O=C(O)Cn1nccc1[C@H]1CCCN(C(=O)c2n[nH]c3ccccc23)C1. The lowest BCUT2D eigenvalue weighted by atomic mass is 9.94. The zero-order valence-corrected chi connectivity index (χ0v) is 14.1. The topological polar surface area (TPSA) is 104 Å². The molecule has 0 aliphatic carbocycles. The minimum Gasteiger partial charge on any atom is -0.480 e. The normalized spacial score (nSPS) is 17.5. The van der Waals surface area contributed by atoms with Crippen molar-refractivity contribution < 1.29 is 14.7 Å². The standard InChI is InChI=1S/C18H19N5O3/c24-16(25)11-23-15(7-8-19-23)12-4-3-9-22(10-12)18(26)17-13-5-1-2-6-14(13)20-21-17/h1-2,5-8,12H,3-4,9-11H2,(H,20,21)(H,24,25)/t12-/m0/s1. The summed E-state index contributed by atoms with van der Waals surface area (Å²) in [5.74, 6) is -0.960. The number of piperidine rings is 1. The van der Waals surface area contributed by atoms with Crippen LogP contribution in [0, 0.1) is 0 Å². The lowest BCUT2D eigenvalue weighted by molar-refractivity contribution is -0.137.